The molecule has 0 amide bonds. The van der Waals surface area contributed by atoms with Crippen molar-refractivity contribution in [2.75, 3.05) is 0 Å². The van der Waals surface area contributed by atoms with Crippen LogP contribution in [0.4, 0.5) is 8.78 Å². The van der Waals surface area contributed by atoms with Gasteiger partial charge in [0.05, 0.1) is 0 Å². The first-order valence-corrected chi connectivity index (χ1v) is 4.05. The Labute approximate surface area is 61.8 Å². The molecule has 0 saturated heterocycles. The summed E-state index contributed by atoms with van der Waals surface area (Å²) in [4.78, 5) is 0.0671. The smallest absolute Gasteiger partial charge is 0.210 e. The first-order valence-electron chi connectivity index (χ1n) is 3.14. The highest BCUT2D eigenvalue weighted by Gasteiger charge is 2.31. The van der Waals surface area contributed by atoms with Crippen LogP contribution < -0.4 is 0 Å². The quantitative estimate of drug-likeness (QED) is 0.569. The Morgan fingerprint density at radius 1 is 1.33 bits per heavy atom. The Kier molecular flexibility index (Phi) is 2.44. The Hall–Kier alpha value is 0.340. The Balaban J connectivity index is 2.40. The van der Waals surface area contributed by atoms with Gasteiger partial charge in [0.25, 0.3) is 0 Å². The minimum absolute atomic E-state index is 0.0671. The summed E-state index contributed by atoms with van der Waals surface area (Å²) >= 11 is 3.23. The van der Waals surface area contributed by atoms with Crippen LogP contribution in [0.1, 0.15) is 19.3 Å². The molecule has 1 saturated carbocycles. The molecule has 0 N–H and O–H groups in total. The van der Waals surface area contributed by atoms with Crippen LogP contribution in [0.15, 0.2) is 0 Å². The van der Waals surface area contributed by atoms with E-state index in [1.165, 1.54) is 0 Å². The van der Waals surface area contributed by atoms with Gasteiger partial charge in [0.1, 0.15) is 0 Å². The lowest BCUT2D eigenvalue weighted by molar-refractivity contribution is 0.0840. The van der Waals surface area contributed by atoms with E-state index in [0.717, 1.165) is 12.8 Å². The zero-order valence-electron chi connectivity index (χ0n) is 4.99. The van der Waals surface area contributed by atoms with Crippen molar-refractivity contribution in [1.29, 1.82) is 0 Å². The van der Waals surface area contributed by atoms with Gasteiger partial charge in [0.2, 0.25) is 6.43 Å². The molecule has 0 aromatic rings. The minimum Gasteiger partial charge on any atom is -0.210 e. The summed E-state index contributed by atoms with van der Waals surface area (Å²) in [5.74, 6) is -0.384. The lowest BCUT2D eigenvalue weighted by Crippen LogP contribution is -2.15. The van der Waals surface area contributed by atoms with Crippen molar-refractivity contribution >= 4 is 15.9 Å². The molecule has 0 aromatic carbocycles. The maximum atomic E-state index is 12.0. The zero-order valence-corrected chi connectivity index (χ0v) is 6.57. The van der Waals surface area contributed by atoms with Crippen LogP contribution in [-0.4, -0.2) is 11.3 Å². The van der Waals surface area contributed by atoms with Crippen molar-refractivity contribution < 1.29 is 8.78 Å². The van der Waals surface area contributed by atoms with E-state index in [4.69, 9.17) is 0 Å². The van der Waals surface area contributed by atoms with Gasteiger partial charge in [-0.1, -0.05) is 22.4 Å². The van der Waals surface area contributed by atoms with Gasteiger partial charge in [0, 0.05) is 10.7 Å². The molecule has 1 rings (SSSR count). The molecule has 0 heterocycles. The number of hydrogen-bond acceptors (Lipinski definition) is 0. The van der Waals surface area contributed by atoms with Crippen LogP contribution in [0.5, 0.6) is 0 Å². The second-order valence-corrected chi connectivity index (χ2v) is 3.62. The van der Waals surface area contributed by atoms with E-state index in [0.29, 0.717) is 6.42 Å². The highest BCUT2D eigenvalue weighted by atomic mass is 79.9. The third-order valence-corrected chi connectivity index (χ3v) is 2.94. The van der Waals surface area contributed by atoms with Crippen molar-refractivity contribution in [3.8, 4) is 0 Å². The molecular formula is C6H9BrF2. The maximum Gasteiger partial charge on any atom is 0.242 e. The number of alkyl halides is 3. The SMILES string of the molecule is FC(F)[C@H]1CCC[C@@H]1Br. The van der Waals surface area contributed by atoms with Gasteiger partial charge in [-0.3, -0.25) is 0 Å². The molecule has 3 heteroatoms. The van der Waals surface area contributed by atoms with Gasteiger partial charge in [-0.05, 0) is 12.8 Å². The van der Waals surface area contributed by atoms with E-state index in [1.807, 2.05) is 0 Å². The Morgan fingerprint density at radius 2 is 2.00 bits per heavy atom. The second kappa shape index (κ2) is 2.95. The highest BCUT2D eigenvalue weighted by molar-refractivity contribution is 9.09. The van der Waals surface area contributed by atoms with Crippen LogP contribution in [-0.2, 0) is 0 Å². The number of rotatable bonds is 1. The van der Waals surface area contributed by atoms with E-state index in [9.17, 15) is 8.78 Å². The predicted molar refractivity (Wildman–Crippen MR) is 36.1 cm³/mol. The third kappa shape index (κ3) is 1.63. The molecular weight excluding hydrogens is 190 g/mol. The molecule has 54 valence electrons. The van der Waals surface area contributed by atoms with Gasteiger partial charge < -0.3 is 0 Å². The standard InChI is InChI=1S/C6H9BrF2/c7-5-3-1-2-4(5)6(8)9/h4-6H,1-3H2/t4-,5-/m0/s1. The average Bonchev–Trinajstić information content (AvgIpc) is 2.13. The molecule has 1 fully saturated rings. The van der Waals surface area contributed by atoms with E-state index in [-0.39, 0.29) is 10.7 Å². The van der Waals surface area contributed by atoms with Crippen molar-refractivity contribution in [2.24, 2.45) is 5.92 Å². The molecule has 0 aliphatic heterocycles. The van der Waals surface area contributed by atoms with Gasteiger partial charge >= 0.3 is 0 Å². The molecule has 1 aliphatic rings. The summed E-state index contributed by atoms with van der Waals surface area (Å²) in [5, 5.41) is 0. The van der Waals surface area contributed by atoms with Crippen LogP contribution >= 0.6 is 15.9 Å². The number of hydrogen-bond donors (Lipinski definition) is 0. The van der Waals surface area contributed by atoms with Crippen molar-refractivity contribution in [2.45, 2.75) is 30.5 Å². The summed E-state index contributed by atoms with van der Waals surface area (Å²) < 4.78 is 23.9. The second-order valence-electron chi connectivity index (χ2n) is 2.45. The molecule has 9 heavy (non-hydrogen) atoms. The van der Waals surface area contributed by atoms with Gasteiger partial charge in [-0.25, -0.2) is 8.78 Å². The average molecular weight is 199 g/mol. The molecule has 0 aromatic heterocycles. The summed E-state index contributed by atoms with van der Waals surface area (Å²) in [6.07, 6.45) is 0.421. The minimum atomic E-state index is -2.13. The zero-order chi connectivity index (χ0) is 6.85. The van der Waals surface area contributed by atoms with Gasteiger partial charge in [0.15, 0.2) is 0 Å². The fraction of sp³-hybridized carbons (Fsp3) is 1.00. The van der Waals surface area contributed by atoms with Gasteiger partial charge in [-0.15, -0.1) is 0 Å². The van der Waals surface area contributed by atoms with Crippen LogP contribution in [0.25, 0.3) is 0 Å². The first kappa shape index (κ1) is 7.45. The van der Waals surface area contributed by atoms with Crippen molar-refractivity contribution in [3.63, 3.8) is 0 Å². The lowest BCUT2D eigenvalue weighted by Gasteiger charge is -2.10. The Bertz CT molecular complexity index is 95.1. The van der Waals surface area contributed by atoms with Crippen molar-refractivity contribution in [3.05, 3.63) is 0 Å². The molecule has 0 unspecified atom stereocenters. The van der Waals surface area contributed by atoms with E-state index >= 15 is 0 Å². The summed E-state index contributed by atoms with van der Waals surface area (Å²) in [6, 6.07) is 0. The largest absolute Gasteiger partial charge is 0.242 e. The van der Waals surface area contributed by atoms with E-state index in [1.54, 1.807) is 0 Å². The lowest BCUT2D eigenvalue weighted by atomic mass is 10.1. The normalized spacial score (nSPS) is 36.0. The summed E-state index contributed by atoms with van der Waals surface area (Å²) in [6.45, 7) is 0. The van der Waals surface area contributed by atoms with Gasteiger partial charge in [-0.2, -0.15) is 0 Å². The maximum absolute atomic E-state index is 12.0. The van der Waals surface area contributed by atoms with Crippen LogP contribution in [0.2, 0.25) is 0 Å². The van der Waals surface area contributed by atoms with Crippen LogP contribution in [0, 0.1) is 5.92 Å². The third-order valence-electron chi connectivity index (χ3n) is 1.81. The fourth-order valence-electron chi connectivity index (χ4n) is 1.23. The summed E-state index contributed by atoms with van der Waals surface area (Å²) in [7, 11) is 0. The predicted octanol–water partition coefficient (Wildman–Crippen LogP) is 2.82. The highest BCUT2D eigenvalue weighted by Crippen LogP contribution is 2.35. The van der Waals surface area contributed by atoms with Crippen molar-refractivity contribution in [1.82, 2.24) is 0 Å². The fourth-order valence-corrected chi connectivity index (χ4v) is 2.05. The molecule has 0 bridgehead atoms. The van der Waals surface area contributed by atoms with Crippen LogP contribution in [0.3, 0.4) is 0 Å². The topological polar surface area (TPSA) is 0 Å². The number of halogens is 3. The van der Waals surface area contributed by atoms with E-state index < -0.39 is 6.43 Å². The Morgan fingerprint density at radius 3 is 2.22 bits per heavy atom. The molecule has 0 spiro atoms. The first-order chi connectivity index (χ1) is 4.22. The molecule has 0 radical (unpaired) electrons. The molecule has 0 nitrogen and oxygen atoms in total. The molecule has 1 aliphatic carbocycles. The molecule has 2 atom stereocenters. The summed E-state index contributed by atoms with van der Waals surface area (Å²) in [5.41, 5.74) is 0. The van der Waals surface area contributed by atoms with E-state index in [2.05, 4.69) is 15.9 Å². The monoisotopic (exact) mass is 198 g/mol.